The van der Waals surface area contributed by atoms with Crippen molar-refractivity contribution in [3.05, 3.63) is 81.9 Å². The van der Waals surface area contributed by atoms with Crippen molar-refractivity contribution in [2.45, 2.75) is 24.9 Å². The summed E-state index contributed by atoms with van der Waals surface area (Å²) in [6.45, 7) is 3.02. The molecule has 0 fully saturated rings. The highest BCUT2D eigenvalue weighted by atomic mass is 35.5. The summed E-state index contributed by atoms with van der Waals surface area (Å²) in [6, 6.07) is 12.2. The second-order valence-corrected chi connectivity index (χ2v) is 9.62. The van der Waals surface area contributed by atoms with Crippen LogP contribution in [-0.2, 0) is 27.8 Å². The Bertz CT molecular complexity index is 1100. The van der Waals surface area contributed by atoms with Crippen molar-refractivity contribution < 1.29 is 13.2 Å². The van der Waals surface area contributed by atoms with Gasteiger partial charge < -0.3 is 9.30 Å². The Morgan fingerprint density at radius 3 is 2.50 bits per heavy atom. The van der Waals surface area contributed by atoms with Gasteiger partial charge in [-0.25, -0.2) is 13.4 Å². The van der Waals surface area contributed by atoms with Crippen molar-refractivity contribution in [1.29, 1.82) is 0 Å². The van der Waals surface area contributed by atoms with E-state index in [1.165, 1.54) is 4.31 Å². The van der Waals surface area contributed by atoms with Crippen LogP contribution in [0.4, 0.5) is 0 Å². The van der Waals surface area contributed by atoms with Gasteiger partial charge in [0.05, 0.1) is 28.1 Å². The molecule has 0 aliphatic heterocycles. The monoisotopic (exact) mass is 467 g/mol. The summed E-state index contributed by atoms with van der Waals surface area (Å²) in [5.74, 6) is 0.618. The molecule has 3 rings (SSSR count). The Kier molecular flexibility index (Phi) is 7.55. The minimum Gasteiger partial charge on any atom is -0.383 e. The number of aromatic nitrogens is 2. The molecule has 0 aliphatic carbocycles. The molecule has 3 aromatic rings. The van der Waals surface area contributed by atoms with E-state index >= 15 is 0 Å². The average Bonchev–Trinajstić information content (AvgIpc) is 3.15. The van der Waals surface area contributed by atoms with Crippen molar-refractivity contribution in [2.75, 3.05) is 20.3 Å². The van der Waals surface area contributed by atoms with Crippen molar-refractivity contribution >= 4 is 33.2 Å². The maximum absolute atomic E-state index is 13.2. The lowest BCUT2D eigenvalue weighted by atomic mass is 10.2. The SMILES string of the molecule is COCCN(Cc1nccn1Cc1ccc(Cl)c(Cl)c1)S(=O)(=O)c1ccc(C)cc1. The van der Waals surface area contributed by atoms with E-state index in [1.807, 2.05) is 23.8 Å². The van der Waals surface area contributed by atoms with Gasteiger partial charge in [-0.2, -0.15) is 4.31 Å². The Hall–Kier alpha value is -1.90. The Labute approximate surface area is 187 Å². The van der Waals surface area contributed by atoms with Crippen LogP contribution in [0.25, 0.3) is 0 Å². The molecule has 2 aromatic carbocycles. The molecule has 1 aromatic heterocycles. The van der Waals surface area contributed by atoms with Crippen LogP contribution in [0.2, 0.25) is 10.0 Å². The zero-order valence-corrected chi connectivity index (χ0v) is 19.1. The van der Waals surface area contributed by atoms with Crippen LogP contribution in [0.3, 0.4) is 0 Å². The largest absolute Gasteiger partial charge is 0.383 e. The molecular formula is C21H23Cl2N3O3S. The maximum atomic E-state index is 13.2. The maximum Gasteiger partial charge on any atom is 0.243 e. The van der Waals surface area contributed by atoms with Crippen molar-refractivity contribution in [3.8, 4) is 0 Å². The standard InChI is InChI=1S/C21H23Cl2N3O3S/c1-16-3-6-18(7-4-16)30(27,28)26(11-12-29-2)15-21-24-9-10-25(21)14-17-5-8-19(22)20(23)13-17/h3-10,13H,11-12,14-15H2,1-2H3. The van der Waals surface area contributed by atoms with E-state index in [4.69, 9.17) is 27.9 Å². The Balaban J connectivity index is 1.86. The van der Waals surface area contributed by atoms with Crippen LogP contribution < -0.4 is 0 Å². The fraction of sp³-hybridized carbons (Fsp3) is 0.286. The molecule has 9 heteroatoms. The summed E-state index contributed by atoms with van der Waals surface area (Å²) in [4.78, 5) is 4.62. The molecule has 0 saturated heterocycles. The van der Waals surface area contributed by atoms with Crippen LogP contribution in [0.1, 0.15) is 17.0 Å². The van der Waals surface area contributed by atoms with E-state index in [0.717, 1.165) is 11.1 Å². The fourth-order valence-electron chi connectivity index (χ4n) is 2.96. The van der Waals surface area contributed by atoms with E-state index in [-0.39, 0.29) is 24.6 Å². The Morgan fingerprint density at radius 1 is 1.10 bits per heavy atom. The number of rotatable bonds is 9. The zero-order chi connectivity index (χ0) is 21.7. The predicted molar refractivity (Wildman–Crippen MR) is 118 cm³/mol. The number of methoxy groups -OCH3 is 1. The lowest BCUT2D eigenvalue weighted by molar-refractivity contribution is 0.176. The smallest absolute Gasteiger partial charge is 0.243 e. The molecule has 0 saturated carbocycles. The summed E-state index contributed by atoms with van der Waals surface area (Å²) in [5.41, 5.74) is 1.93. The van der Waals surface area contributed by atoms with E-state index in [1.54, 1.807) is 49.7 Å². The highest BCUT2D eigenvalue weighted by molar-refractivity contribution is 7.89. The molecule has 160 valence electrons. The summed E-state index contributed by atoms with van der Waals surface area (Å²) in [7, 11) is -2.16. The van der Waals surface area contributed by atoms with Crippen LogP contribution in [-0.4, -0.2) is 42.5 Å². The van der Waals surface area contributed by atoms with Gasteiger partial charge in [-0.3, -0.25) is 0 Å². The summed E-state index contributed by atoms with van der Waals surface area (Å²) >= 11 is 12.1. The number of hydrogen-bond acceptors (Lipinski definition) is 4. The van der Waals surface area contributed by atoms with Gasteiger partial charge in [0.2, 0.25) is 10.0 Å². The van der Waals surface area contributed by atoms with Gasteiger partial charge in [0, 0.05) is 32.6 Å². The van der Waals surface area contributed by atoms with E-state index in [0.29, 0.717) is 22.4 Å². The predicted octanol–water partition coefficient (Wildman–Crippen LogP) is 4.38. The van der Waals surface area contributed by atoms with Gasteiger partial charge in [0.25, 0.3) is 0 Å². The van der Waals surface area contributed by atoms with Crippen LogP contribution in [0.5, 0.6) is 0 Å². The summed E-state index contributed by atoms with van der Waals surface area (Å²) in [5, 5.41) is 0.959. The lowest BCUT2D eigenvalue weighted by Crippen LogP contribution is -2.34. The third-order valence-corrected chi connectivity index (χ3v) is 7.26. The molecule has 0 radical (unpaired) electrons. The van der Waals surface area contributed by atoms with Crippen LogP contribution in [0, 0.1) is 6.92 Å². The second kappa shape index (κ2) is 9.94. The molecular weight excluding hydrogens is 445 g/mol. The molecule has 1 heterocycles. The summed E-state index contributed by atoms with van der Waals surface area (Å²) < 4.78 is 34.9. The van der Waals surface area contributed by atoms with Crippen molar-refractivity contribution in [1.82, 2.24) is 13.9 Å². The van der Waals surface area contributed by atoms with Crippen molar-refractivity contribution in [3.63, 3.8) is 0 Å². The number of sulfonamides is 1. The van der Waals surface area contributed by atoms with Gasteiger partial charge >= 0.3 is 0 Å². The van der Waals surface area contributed by atoms with Crippen LogP contribution >= 0.6 is 23.2 Å². The van der Waals surface area contributed by atoms with Gasteiger partial charge in [-0.05, 0) is 36.8 Å². The third-order valence-electron chi connectivity index (χ3n) is 4.66. The summed E-state index contributed by atoms with van der Waals surface area (Å²) in [6.07, 6.45) is 3.46. The molecule has 30 heavy (non-hydrogen) atoms. The van der Waals surface area contributed by atoms with E-state index in [2.05, 4.69) is 4.98 Å². The topological polar surface area (TPSA) is 64.4 Å². The average molecular weight is 468 g/mol. The van der Waals surface area contributed by atoms with Gasteiger partial charge in [0.1, 0.15) is 5.82 Å². The van der Waals surface area contributed by atoms with Gasteiger partial charge in [-0.15, -0.1) is 0 Å². The van der Waals surface area contributed by atoms with Crippen LogP contribution in [0.15, 0.2) is 59.8 Å². The molecule has 0 unspecified atom stereocenters. The van der Waals surface area contributed by atoms with E-state index < -0.39 is 10.0 Å². The fourth-order valence-corrected chi connectivity index (χ4v) is 4.66. The normalized spacial score (nSPS) is 11.9. The Morgan fingerprint density at radius 2 is 1.83 bits per heavy atom. The zero-order valence-electron chi connectivity index (χ0n) is 16.8. The molecule has 0 aliphatic rings. The minimum absolute atomic E-state index is 0.119. The number of hydrogen-bond donors (Lipinski definition) is 0. The second-order valence-electron chi connectivity index (χ2n) is 6.86. The number of benzene rings is 2. The number of aryl methyl sites for hydroxylation is 1. The molecule has 0 N–H and O–H groups in total. The van der Waals surface area contributed by atoms with Crippen molar-refractivity contribution in [2.24, 2.45) is 0 Å². The highest BCUT2D eigenvalue weighted by Gasteiger charge is 2.26. The van der Waals surface area contributed by atoms with Gasteiger partial charge in [0.15, 0.2) is 0 Å². The first-order valence-electron chi connectivity index (χ1n) is 9.31. The molecule has 0 bridgehead atoms. The third kappa shape index (κ3) is 5.42. The molecule has 6 nitrogen and oxygen atoms in total. The minimum atomic E-state index is -3.71. The number of ether oxygens (including phenoxy) is 1. The number of halogens is 2. The van der Waals surface area contributed by atoms with E-state index in [9.17, 15) is 8.42 Å². The lowest BCUT2D eigenvalue weighted by Gasteiger charge is -2.22. The molecule has 0 atom stereocenters. The number of imidazole rings is 1. The molecule has 0 amide bonds. The first-order valence-corrected chi connectivity index (χ1v) is 11.5. The first-order chi connectivity index (χ1) is 14.3. The highest BCUT2D eigenvalue weighted by Crippen LogP contribution is 2.24. The quantitative estimate of drug-likeness (QED) is 0.468. The molecule has 0 spiro atoms. The van der Waals surface area contributed by atoms with Gasteiger partial charge in [-0.1, -0.05) is 47.0 Å². The first kappa shape index (κ1) is 22.8. The number of nitrogens with zero attached hydrogens (tertiary/aromatic N) is 3.